The smallest absolute Gasteiger partial charge is 0.103 e. The zero-order valence-electron chi connectivity index (χ0n) is 8.50. The highest BCUT2D eigenvalue weighted by molar-refractivity contribution is 6.36. The van der Waals surface area contributed by atoms with E-state index in [4.69, 9.17) is 23.2 Å². The van der Waals surface area contributed by atoms with Crippen LogP contribution in [-0.4, -0.2) is 30.9 Å². The van der Waals surface area contributed by atoms with Gasteiger partial charge in [-0.15, -0.1) is 0 Å². The Balaban J connectivity index is 2.24. The Labute approximate surface area is 99.5 Å². The summed E-state index contributed by atoms with van der Waals surface area (Å²) in [6.07, 6.45) is 0.717. The summed E-state index contributed by atoms with van der Waals surface area (Å²) < 4.78 is 0. The number of hydrogen-bond donors (Lipinski definition) is 0. The Morgan fingerprint density at radius 1 is 1.33 bits per heavy atom. The van der Waals surface area contributed by atoms with Gasteiger partial charge in [0.25, 0.3) is 0 Å². The van der Waals surface area contributed by atoms with Crippen molar-refractivity contribution in [3.8, 4) is 0 Å². The third kappa shape index (κ3) is 2.27. The molecule has 2 rings (SSSR count). The molecular formula is C11H12Cl2N2. The summed E-state index contributed by atoms with van der Waals surface area (Å²) in [7, 11) is 2.04. The molecule has 0 unspecified atom stereocenters. The van der Waals surface area contributed by atoms with Crippen LogP contribution in [0, 0.1) is 0 Å². The van der Waals surface area contributed by atoms with Crippen LogP contribution >= 0.6 is 23.2 Å². The average Bonchev–Trinajstić information content (AvgIpc) is 2.58. The highest BCUT2D eigenvalue weighted by atomic mass is 35.5. The minimum Gasteiger partial charge on any atom is -0.361 e. The molecule has 1 aliphatic rings. The molecule has 80 valence electrons. The van der Waals surface area contributed by atoms with Crippen molar-refractivity contribution in [1.82, 2.24) is 4.90 Å². The van der Waals surface area contributed by atoms with Crippen molar-refractivity contribution in [2.45, 2.75) is 6.42 Å². The van der Waals surface area contributed by atoms with Crippen molar-refractivity contribution < 1.29 is 0 Å². The molecule has 0 aliphatic carbocycles. The van der Waals surface area contributed by atoms with Gasteiger partial charge in [0, 0.05) is 30.1 Å². The van der Waals surface area contributed by atoms with E-state index in [1.165, 1.54) is 0 Å². The number of rotatable bonds is 2. The lowest BCUT2D eigenvalue weighted by atomic mass is 10.1. The summed E-state index contributed by atoms with van der Waals surface area (Å²) in [5.74, 6) is 1.06. The standard InChI is InChI=1S/C11H12Cl2N2/c1-15-6-5-14-11(15)7-8-9(12)3-2-4-10(8)13/h2-4H,5-7H2,1H3. The van der Waals surface area contributed by atoms with Gasteiger partial charge in [-0.25, -0.2) is 0 Å². The molecule has 1 aromatic carbocycles. The third-order valence-electron chi connectivity index (χ3n) is 2.57. The fraction of sp³-hybridized carbons (Fsp3) is 0.364. The van der Waals surface area contributed by atoms with E-state index in [1.807, 2.05) is 25.2 Å². The van der Waals surface area contributed by atoms with Gasteiger partial charge < -0.3 is 4.90 Å². The molecule has 0 radical (unpaired) electrons. The van der Waals surface area contributed by atoms with Gasteiger partial charge in [-0.3, -0.25) is 4.99 Å². The van der Waals surface area contributed by atoms with Gasteiger partial charge in [0.1, 0.15) is 5.84 Å². The summed E-state index contributed by atoms with van der Waals surface area (Å²) in [6.45, 7) is 1.85. The molecule has 0 amide bonds. The van der Waals surface area contributed by atoms with Crippen LogP contribution in [0.4, 0.5) is 0 Å². The van der Waals surface area contributed by atoms with Crippen LogP contribution in [-0.2, 0) is 6.42 Å². The van der Waals surface area contributed by atoms with Crippen LogP contribution in [0.25, 0.3) is 0 Å². The van der Waals surface area contributed by atoms with Crippen molar-refractivity contribution in [2.75, 3.05) is 20.1 Å². The second-order valence-corrected chi connectivity index (χ2v) is 4.41. The van der Waals surface area contributed by atoms with Gasteiger partial charge in [-0.05, 0) is 17.7 Å². The van der Waals surface area contributed by atoms with Crippen LogP contribution in [0.3, 0.4) is 0 Å². The molecule has 0 N–H and O–H groups in total. The summed E-state index contributed by atoms with van der Waals surface area (Å²) in [5, 5.41) is 1.43. The quantitative estimate of drug-likeness (QED) is 0.779. The van der Waals surface area contributed by atoms with Crippen molar-refractivity contribution in [1.29, 1.82) is 0 Å². The number of amidine groups is 1. The number of nitrogens with zero attached hydrogens (tertiary/aromatic N) is 2. The summed E-state index contributed by atoms with van der Waals surface area (Å²) >= 11 is 12.2. The fourth-order valence-corrected chi connectivity index (χ4v) is 2.16. The van der Waals surface area contributed by atoms with Crippen LogP contribution in [0.2, 0.25) is 10.0 Å². The third-order valence-corrected chi connectivity index (χ3v) is 3.28. The second-order valence-electron chi connectivity index (χ2n) is 3.60. The van der Waals surface area contributed by atoms with Gasteiger partial charge >= 0.3 is 0 Å². The first kappa shape index (κ1) is 10.8. The first-order valence-electron chi connectivity index (χ1n) is 4.86. The lowest BCUT2D eigenvalue weighted by Crippen LogP contribution is -2.24. The van der Waals surface area contributed by atoms with E-state index < -0.39 is 0 Å². The molecule has 15 heavy (non-hydrogen) atoms. The number of halogens is 2. The van der Waals surface area contributed by atoms with Gasteiger partial charge in [-0.2, -0.15) is 0 Å². The lowest BCUT2D eigenvalue weighted by molar-refractivity contribution is 0.548. The minimum absolute atomic E-state index is 0.713. The van der Waals surface area contributed by atoms with Gasteiger partial charge in [0.15, 0.2) is 0 Å². The Morgan fingerprint density at radius 3 is 2.53 bits per heavy atom. The Morgan fingerprint density at radius 2 is 2.00 bits per heavy atom. The fourth-order valence-electron chi connectivity index (χ4n) is 1.63. The van der Waals surface area contributed by atoms with Crippen LogP contribution in [0.1, 0.15) is 5.56 Å². The molecule has 0 bridgehead atoms. The maximum Gasteiger partial charge on any atom is 0.103 e. The van der Waals surface area contributed by atoms with Gasteiger partial charge in [0.2, 0.25) is 0 Å². The minimum atomic E-state index is 0.713. The van der Waals surface area contributed by atoms with Crippen LogP contribution < -0.4 is 0 Å². The molecule has 4 heteroatoms. The Bertz CT molecular complexity index is 381. The molecule has 1 aromatic rings. The summed E-state index contributed by atoms with van der Waals surface area (Å²) in [6, 6.07) is 5.57. The maximum atomic E-state index is 6.10. The molecule has 0 saturated carbocycles. The molecule has 0 aromatic heterocycles. The molecule has 2 nitrogen and oxygen atoms in total. The van der Waals surface area contributed by atoms with E-state index >= 15 is 0 Å². The normalized spacial score (nSPS) is 15.7. The van der Waals surface area contributed by atoms with E-state index in [0.717, 1.165) is 30.9 Å². The molecular weight excluding hydrogens is 231 g/mol. The summed E-state index contributed by atoms with van der Waals surface area (Å²) in [4.78, 5) is 6.56. The van der Waals surface area contributed by atoms with Crippen molar-refractivity contribution in [2.24, 2.45) is 4.99 Å². The van der Waals surface area contributed by atoms with E-state index in [1.54, 1.807) is 0 Å². The van der Waals surface area contributed by atoms with E-state index in [0.29, 0.717) is 10.0 Å². The van der Waals surface area contributed by atoms with E-state index in [-0.39, 0.29) is 0 Å². The predicted octanol–water partition coefficient (Wildman–Crippen LogP) is 2.88. The molecule has 1 aliphatic heterocycles. The second kappa shape index (κ2) is 4.42. The van der Waals surface area contributed by atoms with Crippen molar-refractivity contribution in [3.63, 3.8) is 0 Å². The first-order valence-corrected chi connectivity index (χ1v) is 5.61. The Hall–Kier alpha value is -0.730. The average molecular weight is 243 g/mol. The molecule has 0 atom stereocenters. The number of aliphatic imine (C=N–C) groups is 1. The van der Waals surface area contributed by atoms with Crippen molar-refractivity contribution in [3.05, 3.63) is 33.8 Å². The zero-order chi connectivity index (χ0) is 10.8. The molecule has 0 saturated heterocycles. The van der Waals surface area contributed by atoms with Crippen molar-refractivity contribution >= 4 is 29.0 Å². The summed E-state index contributed by atoms with van der Waals surface area (Å²) in [5.41, 5.74) is 0.966. The monoisotopic (exact) mass is 242 g/mol. The molecule has 1 heterocycles. The number of benzene rings is 1. The largest absolute Gasteiger partial charge is 0.361 e. The molecule has 0 fully saturated rings. The number of hydrogen-bond acceptors (Lipinski definition) is 2. The van der Waals surface area contributed by atoms with Crippen LogP contribution in [0.15, 0.2) is 23.2 Å². The van der Waals surface area contributed by atoms with E-state index in [9.17, 15) is 0 Å². The van der Waals surface area contributed by atoms with Gasteiger partial charge in [0.05, 0.1) is 6.54 Å². The van der Waals surface area contributed by atoms with E-state index in [2.05, 4.69) is 9.89 Å². The van der Waals surface area contributed by atoms with Crippen LogP contribution in [0.5, 0.6) is 0 Å². The maximum absolute atomic E-state index is 6.10. The van der Waals surface area contributed by atoms with Gasteiger partial charge in [-0.1, -0.05) is 29.3 Å². The highest BCUT2D eigenvalue weighted by Gasteiger charge is 2.15. The molecule has 0 spiro atoms. The highest BCUT2D eigenvalue weighted by Crippen LogP contribution is 2.25. The lowest BCUT2D eigenvalue weighted by Gasteiger charge is -2.14. The predicted molar refractivity (Wildman–Crippen MR) is 65.1 cm³/mol. The number of likely N-dealkylation sites (N-methyl/N-ethyl adjacent to an activating group) is 1. The SMILES string of the molecule is CN1CCN=C1Cc1c(Cl)cccc1Cl. The Kier molecular flexibility index (Phi) is 3.17. The first-order chi connectivity index (χ1) is 7.18. The topological polar surface area (TPSA) is 15.6 Å². The zero-order valence-corrected chi connectivity index (χ0v) is 10.0.